The van der Waals surface area contributed by atoms with Gasteiger partial charge in [-0.2, -0.15) is 13.2 Å². The van der Waals surface area contributed by atoms with Crippen molar-refractivity contribution >= 4 is 5.97 Å². The van der Waals surface area contributed by atoms with Crippen molar-refractivity contribution in [3.63, 3.8) is 0 Å². The minimum Gasteiger partial charge on any atom is -0.468 e. The fraction of sp³-hybridized carbons (Fsp3) is 0.462. The molecule has 1 aromatic carbocycles. The lowest BCUT2D eigenvalue weighted by Crippen LogP contribution is -2.43. The summed E-state index contributed by atoms with van der Waals surface area (Å²) < 4.78 is 55.4. The normalized spacial score (nSPS) is 14.9. The van der Waals surface area contributed by atoms with Crippen LogP contribution < -0.4 is 0 Å². The molecular weight excluding hydrogens is 294 g/mol. The van der Waals surface area contributed by atoms with Crippen molar-refractivity contribution in [2.75, 3.05) is 20.7 Å². The number of methoxy groups -OCH3 is 1. The van der Waals surface area contributed by atoms with Gasteiger partial charge in [-0.15, -0.1) is 0 Å². The van der Waals surface area contributed by atoms with Gasteiger partial charge in [0.15, 0.2) is 6.10 Å². The number of ether oxygens (including phenoxy) is 1. The van der Waals surface area contributed by atoms with Gasteiger partial charge in [0.25, 0.3) is 0 Å². The molecule has 1 rings (SSSR count). The van der Waals surface area contributed by atoms with Gasteiger partial charge in [-0.25, -0.2) is 9.18 Å². The Balaban J connectivity index is 3.04. The lowest BCUT2D eigenvalue weighted by molar-refractivity contribution is -0.209. The van der Waals surface area contributed by atoms with Gasteiger partial charge in [0, 0.05) is 12.1 Å². The second-order valence-electron chi connectivity index (χ2n) is 4.44. The van der Waals surface area contributed by atoms with Gasteiger partial charge in [0.05, 0.1) is 7.11 Å². The Morgan fingerprint density at radius 3 is 2.43 bits per heavy atom. The van der Waals surface area contributed by atoms with Crippen LogP contribution in [0.1, 0.15) is 11.6 Å². The molecule has 0 saturated heterocycles. The Hall–Kier alpha value is -1.67. The number of hydrogen-bond acceptors (Lipinski definition) is 4. The van der Waals surface area contributed by atoms with E-state index in [-0.39, 0.29) is 5.56 Å². The fourth-order valence-electron chi connectivity index (χ4n) is 1.83. The number of carbonyl (C=O) groups excluding carboxylic acids is 1. The molecule has 0 bridgehead atoms. The molecule has 0 fully saturated rings. The van der Waals surface area contributed by atoms with Crippen molar-refractivity contribution in [3.8, 4) is 0 Å². The van der Waals surface area contributed by atoms with Crippen LogP contribution in [0.25, 0.3) is 0 Å². The Labute approximate surface area is 118 Å². The van der Waals surface area contributed by atoms with Crippen LogP contribution in [-0.2, 0) is 9.53 Å². The molecule has 0 radical (unpaired) electrons. The summed E-state index contributed by atoms with van der Waals surface area (Å²) in [6, 6.07) is 3.81. The van der Waals surface area contributed by atoms with Crippen LogP contribution in [0.3, 0.4) is 0 Å². The van der Waals surface area contributed by atoms with Gasteiger partial charge in [0.1, 0.15) is 11.9 Å². The van der Waals surface area contributed by atoms with Crippen molar-refractivity contribution in [1.82, 2.24) is 4.90 Å². The van der Waals surface area contributed by atoms with Gasteiger partial charge in [-0.3, -0.25) is 4.90 Å². The lowest BCUT2D eigenvalue weighted by atomic mass is 10.0. The first-order chi connectivity index (χ1) is 9.68. The number of aliphatic hydroxyl groups excluding tert-OH is 1. The molecule has 0 aliphatic heterocycles. The number of rotatable bonds is 5. The van der Waals surface area contributed by atoms with E-state index in [1.807, 2.05) is 0 Å². The van der Waals surface area contributed by atoms with E-state index >= 15 is 0 Å². The Kier molecular flexibility index (Phi) is 5.68. The molecule has 1 aromatic rings. The summed E-state index contributed by atoms with van der Waals surface area (Å²) in [5.74, 6) is -1.67. The first-order valence-electron chi connectivity index (χ1n) is 5.95. The van der Waals surface area contributed by atoms with E-state index < -0.39 is 36.7 Å². The zero-order valence-corrected chi connectivity index (χ0v) is 11.4. The van der Waals surface area contributed by atoms with E-state index in [0.717, 1.165) is 18.1 Å². The summed E-state index contributed by atoms with van der Waals surface area (Å²) in [5.41, 5.74) is -0.124. The highest BCUT2D eigenvalue weighted by Gasteiger charge is 2.41. The third-order valence-corrected chi connectivity index (χ3v) is 2.90. The van der Waals surface area contributed by atoms with Crippen LogP contribution in [0.2, 0.25) is 0 Å². The van der Waals surface area contributed by atoms with E-state index in [4.69, 9.17) is 5.11 Å². The molecule has 1 N–H and O–H groups in total. The summed E-state index contributed by atoms with van der Waals surface area (Å²) in [5, 5.41) is 9.06. The van der Waals surface area contributed by atoms with Crippen LogP contribution in [-0.4, -0.2) is 49.0 Å². The minimum atomic E-state index is -4.83. The zero-order valence-electron chi connectivity index (χ0n) is 11.4. The molecule has 2 atom stereocenters. The molecule has 0 aliphatic rings. The molecular formula is C13H15F4NO3. The first-order valence-corrected chi connectivity index (χ1v) is 5.95. The van der Waals surface area contributed by atoms with Gasteiger partial charge in [-0.05, 0) is 13.1 Å². The van der Waals surface area contributed by atoms with Crippen molar-refractivity contribution in [1.29, 1.82) is 0 Å². The van der Waals surface area contributed by atoms with Crippen molar-refractivity contribution in [2.24, 2.45) is 0 Å². The average Bonchev–Trinajstić information content (AvgIpc) is 2.39. The van der Waals surface area contributed by atoms with E-state index in [0.29, 0.717) is 0 Å². The van der Waals surface area contributed by atoms with E-state index in [1.54, 1.807) is 0 Å². The maximum atomic E-state index is 13.7. The molecule has 0 amide bonds. The van der Waals surface area contributed by atoms with Crippen LogP contribution in [0.5, 0.6) is 0 Å². The highest BCUT2D eigenvalue weighted by atomic mass is 19.4. The Morgan fingerprint density at radius 1 is 1.38 bits per heavy atom. The highest BCUT2D eigenvalue weighted by molar-refractivity contribution is 5.77. The topological polar surface area (TPSA) is 49.8 Å². The zero-order chi connectivity index (χ0) is 16.2. The van der Waals surface area contributed by atoms with Gasteiger partial charge in [0.2, 0.25) is 0 Å². The summed E-state index contributed by atoms with van der Waals surface area (Å²) >= 11 is 0. The predicted octanol–water partition coefficient (Wildman–Crippen LogP) is 1.89. The summed E-state index contributed by atoms with van der Waals surface area (Å²) in [7, 11) is 2.22. The lowest BCUT2D eigenvalue weighted by Gasteiger charge is -2.28. The number of likely N-dealkylation sites (N-methyl/N-ethyl adjacent to an activating group) is 1. The van der Waals surface area contributed by atoms with Crippen LogP contribution in [0.15, 0.2) is 24.3 Å². The van der Waals surface area contributed by atoms with Crippen LogP contribution >= 0.6 is 0 Å². The smallest absolute Gasteiger partial charge is 0.415 e. The summed E-state index contributed by atoms with van der Waals surface area (Å²) in [4.78, 5) is 12.6. The second-order valence-corrected chi connectivity index (χ2v) is 4.44. The number of esters is 1. The second kappa shape index (κ2) is 6.86. The SMILES string of the molecule is COC(=O)C(c1ccccc1F)N(C)CC(O)C(F)(F)F. The molecule has 2 unspecified atom stereocenters. The standard InChI is InChI=1S/C13H15F4NO3/c1-18(7-10(19)13(15,16)17)11(12(20)21-2)8-5-3-4-6-9(8)14/h3-6,10-11,19H,7H2,1-2H3. The van der Waals surface area contributed by atoms with Crippen molar-refractivity contribution < 1.29 is 32.2 Å². The molecule has 8 heteroatoms. The average molecular weight is 309 g/mol. The molecule has 0 spiro atoms. The third-order valence-electron chi connectivity index (χ3n) is 2.90. The number of carbonyl (C=O) groups is 1. The molecule has 0 saturated carbocycles. The number of alkyl halides is 3. The van der Waals surface area contributed by atoms with E-state index in [9.17, 15) is 22.4 Å². The van der Waals surface area contributed by atoms with Gasteiger partial charge < -0.3 is 9.84 Å². The fourth-order valence-corrected chi connectivity index (χ4v) is 1.83. The van der Waals surface area contributed by atoms with Gasteiger partial charge >= 0.3 is 12.1 Å². The summed E-state index contributed by atoms with van der Waals surface area (Å²) in [6.45, 7) is -0.891. The molecule has 21 heavy (non-hydrogen) atoms. The van der Waals surface area contributed by atoms with E-state index in [2.05, 4.69) is 4.74 Å². The molecule has 0 heterocycles. The number of aliphatic hydroxyl groups is 1. The Morgan fingerprint density at radius 2 is 1.95 bits per heavy atom. The molecule has 0 aromatic heterocycles. The molecule has 0 aliphatic carbocycles. The number of hydrogen-bond donors (Lipinski definition) is 1. The maximum Gasteiger partial charge on any atom is 0.415 e. The Bertz CT molecular complexity index is 493. The number of halogens is 4. The monoisotopic (exact) mass is 309 g/mol. The van der Waals surface area contributed by atoms with E-state index in [1.165, 1.54) is 25.2 Å². The number of nitrogens with zero attached hydrogens (tertiary/aromatic N) is 1. The first kappa shape index (κ1) is 17.4. The largest absolute Gasteiger partial charge is 0.468 e. The van der Waals surface area contributed by atoms with Crippen LogP contribution in [0.4, 0.5) is 17.6 Å². The summed E-state index contributed by atoms with van der Waals surface area (Å²) in [6.07, 6.45) is -7.48. The minimum absolute atomic E-state index is 0.124. The van der Waals surface area contributed by atoms with Crippen molar-refractivity contribution in [2.45, 2.75) is 18.3 Å². The quantitative estimate of drug-likeness (QED) is 0.667. The third kappa shape index (κ3) is 4.40. The van der Waals surface area contributed by atoms with Gasteiger partial charge in [-0.1, -0.05) is 18.2 Å². The van der Waals surface area contributed by atoms with Crippen LogP contribution in [0, 0.1) is 5.82 Å². The molecule has 118 valence electrons. The predicted molar refractivity (Wildman–Crippen MR) is 65.8 cm³/mol. The highest BCUT2D eigenvalue weighted by Crippen LogP contribution is 2.27. The van der Waals surface area contributed by atoms with Crippen molar-refractivity contribution in [3.05, 3.63) is 35.6 Å². The maximum absolute atomic E-state index is 13.7. The number of benzene rings is 1. The molecule has 4 nitrogen and oxygen atoms in total.